The first-order chi connectivity index (χ1) is 7.16. The summed E-state index contributed by atoms with van der Waals surface area (Å²) in [7, 11) is 0. The molecule has 0 aromatic heterocycles. The molecule has 1 aliphatic heterocycles. The van der Waals surface area contributed by atoms with Crippen molar-refractivity contribution >= 4 is 0 Å². The smallest absolute Gasteiger partial charge is 0.0240 e. The highest BCUT2D eigenvalue weighted by atomic mass is 15.1. The van der Waals surface area contributed by atoms with Gasteiger partial charge in [-0.15, -0.1) is 0 Å². The molecule has 0 radical (unpaired) electrons. The Hall–Kier alpha value is -0.860. The summed E-state index contributed by atoms with van der Waals surface area (Å²) in [4.78, 5) is 2.48. The SMILES string of the molecule is CC(N)C(C)CN1Cc2ccccc2C1. The zero-order chi connectivity index (χ0) is 10.8. The first-order valence-electron chi connectivity index (χ1n) is 5.71. The topological polar surface area (TPSA) is 29.3 Å². The third-order valence-corrected chi connectivity index (χ3v) is 3.35. The summed E-state index contributed by atoms with van der Waals surface area (Å²) in [6.07, 6.45) is 0. The van der Waals surface area contributed by atoms with Gasteiger partial charge in [-0.1, -0.05) is 31.2 Å². The van der Waals surface area contributed by atoms with E-state index in [2.05, 4.69) is 43.0 Å². The number of nitrogens with zero attached hydrogens (tertiary/aromatic N) is 1. The van der Waals surface area contributed by atoms with Gasteiger partial charge < -0.3 is 5.73 Å². The van der Waals surface area contributed by atoms with Gasteiger partial charge in [0.1, 0.15) is 0 Å². The van der Waals surface area contributed by atoms with Gasteiger partial charge in [-0.05, 0) is 24.0 Å². The molecule has 1 aliphatic rings. The molecule has 0 bridgehead atoms. The Bertz CT molecular complexity index is 308. The lowest BCUT2D eigenvalue weighted by molar-refractivity contribution is 0.230. The van der Waals surface area contributed by atoms with Crippen molar-refractivity contribution in [1.82, 2.24) is 4.90 Å². The largest absolute Gasteiger partial charge is 0.328 e. The van der Waals surface area contributed by atoms with E-state index in [1.54, 1.807) is 0 Å². The van der Waals surface area contributed by atoms with Crippen molar-refractivity contribution in [2.45, 2.75) is 33.0 Å². The van der Waals surface area contributed by atoms with Crippen LogP contribution < -0.4 is 5.73 Å². The van der Waals surface area contributed by atoms with E-state index in [1.807, 2.05) is 0 Å². The highest BCUT2D eigenvalue weighted by Crippen LogP contribution is 2.23. The third kappa shape index (κ3) is 2.39. The Kier molecular flexibility index (Phi) is 3.08. The maximum absolute atomic E-state index is 5.89. The summed E-state index contributed by atoms with van der Waals surface area (Å²) in [5.41, 5.74) is 8.85. The molecule has 15 heavy (non-hydrogen) atoms. The Balaban J connectivity index is 1.96. The molecule has 2 N–H and O–H groups in total. The second-order valence-corrected chi connectivity index (χ2v) is 4.77. The fourth-order valence-electron chi connectivity index (χ4n) is 2.11. The summed E-state index contributed by atoms with van der Waals surface area (Å²) in [5.74, 6) is 0.569. The van der Waals surface area contributed by atoms with E-state index in [-0.39, 0.29) is 6.04 Å². The van der Waals surface area contributed by atoms with Crippen molar-refractivity contribution < 1.29 is 0 Å². The predicted octanol–water partition coefficient (Wildman–Crippen LogP) is 1.99. The van der Waals surface area contributed by atoms with E-state index in [0.717, 1.165) is 19.6 Å². The number of benzene rings is 1. The Labute approximate surface area is 92.1 Å². The van der Waals surface area contributed by atoms with Crippen LogP contribution in [0.15, 0.2) is 24.3 Å². The number of rotatable bonds is 3. The summed E-state index contributed by atoms with van der Waals surface area (Å²) in [5, 5.41) is 0. The highest BCUT2D eigenvalue weighted by Gasteiger charge is 2.20. The molecule has 2 atom stereocenters. The lowest BCUT2D eigenvalue weighted by atomic mass is 10.0. The number of hydrogen-bond acceptors (Lipinski definition) is 2. The molecule has 1 aromatic carbocycles. The van der Waals surface area contributed by atoms with Crippen LogP contribution in [0.2, 0.25) is 0 Å². The summed E-state index contributed by atoms with van der Waals surface area (Å²) >= 11 is 0. The van der Waals surface area contributed by atoms with E-state index in [0.29, 0.717) is 5.92 Å². The van der Waals surface area contributed by atoms with Crippen molar-refractivity contribution in [3.63, 3.8) is 0 Å². The van der Waals surface area contributed by atoms with E-state index in [1.165, 1.54) is 11.1 Å². The van der Waals surface area contributed by atoms with E-state index < -0.39 is 0 Å². The molecule has 0 amide bonds. The van der Waals surface area contributed by atoms with Gasteiger partial charge in [0, 0.05) is 25.7 Å². The van der Waals surface area contributed by atoms with Gasteiger partial charge in [-0.3, -0.25) is 4.90 Å². The fraction of sp³-hybridized carbons (Fsp3) is 0.538. The molecule has 1 aromatic rings. The molecule has 0 saturated carbocycles. The van der Waals surface area contributed by atoms with Gasteiger partial charge in [0.05, 0.1) is 0 Å². The van der Waals surface area contributed by atoms with Crippen LogP contribution in [0.25, 0.3) is 0 Å². The molecule has 2 heteroatoms. The Morgan fingerprint density at radius 2 is 1.73 bits per heavy atom. The van der Waals surface area contributed by atoms with Crippen LogP contribution in [0.3, 0.4) is 0 Å². The normalized spacial score (nSPS) is 19.9. The van der Waals surface area contributed by atoms with Gasteiger partial charge in [-0.2, -0.15) is 0 Å². The van der Waals surface area contributed by atoms with Crippen LogP contribution in [-0.2, 0) is 13.1 Å². The van der Waals surface area contributed by atoms with Crippen molar-refractivity contribution in [2.75, 3.05) is 6.54 Å². The average molecular weight is 204 g/mol. The number of hydrogen-bond donors (Lipinski definition) is 1. The summed E-state index contributed by atoms with van der Waals surface area (Å²) in [6, 6.07) is 8.99. The van der Waals surface area contributed by atoms with Crippen molar-refractivity contribution in [1.29, 1.82) is 0 Å². The predicted molar refractivity (Wildman–Crippen MR) is 63.4 cm³/mol. The van der Waals surface area contributed by atoms with Crippen LogP contribution in [0.5, 0.6) is 0 Å². The fourth-order valence-corrected chi connectivity index (χ4v) is 2.11. The third-order valence-electron chi connectivity index (χ3n) is 3.35. The Morgan fingerprint density at radius 3 is 2.20 bits per heavy atom. The van der Waals surface area contributed by atoms with Crippen molar-refractivity contribution in [2.24, 2.45) is 11.7 Å². The van der Waals surface area contributed by atoms with Crippen LogP contribution in [-0.4, -0.2) is 17.5 Å². The zero-order valence-electron chi connectivity index (χ0n) is 9.61. The molecule has 2 unspecified atom stereocenters. The average Bonchev–Trinajstić information content (AvgIpc) is 2.59. The monoisotopic (exact) mass is 204 g/mol. The molecule has 1 heterocycles. The van der Waals surface area contributed by atoms with Crippen LogP contribution in [0.1, 0.15) is 25.0 Å². The number of fused-ring (bicyclic) bond motifs is 1. The zero-order valence-corrected chi connectivity index (χ0v) is 9.61. The molecule has 0 aliphatic carbocycles. The second-order valence-electron chi connectivity index (χ2n) is 4.77. The minimum absolute atomic E-state index is 0.286. The van der Waals surface area contributed by atoms with Crippen LogP contribution >= 0.6 is 0 Å². The molecule has 82 valence electrons. The van der Waals surface area contributed by atoms with Gasteiger partial charge in [0.25, 0.3) is 0 Å². The molecule has 0 fully saturated rings. The van der Waals surface area contributed by atoms with Gasteiger partial charge >= 0.3 is 0 Å². The summed E-state index contributed by atoms with van der Waals surface area (Å²) < 4.78 is 0. The van der Waals surface area contributed by atoms with Crippen molar-refractivity contribution in [3.05, 3.63) is 35.4 Å². The molecular weight excluding hydrogens is 184 g/mol. The quantitative estimate of drug-likeness (QED) is 0.816. The molecule has 0 spiro atoms. The molecule has 0 saturated heterocycles. The molecular formula is C13H20N2. The summed E-state index contributed by atoms with van der Waals surface area (Å²) in [6.45, 7) is 7.61. The minimum atomic E-state index is 0.286. The minimum Gasteiger partial charge on any atom is -0.328 e. The van der Waals surface area contributed by atoms with Gasteiger partial charge in [0.2, 0.25) is 0 Å². The van der Waals surface area contributed by atoms with Gasteiger partial charge in [0.15, 0.2) is 0 Å². The number of nitrogens with two attached hydrogens (primary N) is 1. The standard InChI is InChI=1S/C13H20N2/c1-10(11(2)14)7-15-8-12-5-3-4-6-13(12)9-15/h3-6,10-11H,7-9,14H2,1-2H3. The lowest BCUT2D eigenvalue weighted by Gasteiger charge is -2.22. The second kappa shape index (κ2) is 4.33. The van der Waals surface area contributed by atoms with E-state index >= 15 is 0 Å². The molecule has 2 nitrogen and oxygen atoms in total. The molecule has 2 rings (SSSR count). The maximum atomic E-state index is 5.89. The lowest BCUT2D eigenvalue weighted by Crippen LogP contribution is -2.33. The van der Waals surface area contributed by atoms with E-state index in [4.69, 9.17) is 5.73 Å². The first kappa shape index (κ1) is 10.7. The Morgan fingerprint density at radius 1 is 1.20 bits per heavy atom. The van der Waals surface area contributed by atoms with Crippen LogP contribution in [0, 0.1) is 5.92 Å². The van der Waals surface area contributed by atoms with E-state index in [9.17, 15) is 0 Å². The first-order valence-corrected chi connectivity index (χ1v) is 5.71. The van der Waals surface area contributed by atoms with Crippen LogP contribution in [0.4, 0.5) is 0 Å². The highest BCUT2D eigenvalue weighted by molar-refractivity contribution is 5.30. The maximum Gasteiger partial charge on any atom is 0.0240 e. The van der Waals surface area contributed by atoms with Crippen molar-refractivity contribution in [3.8, 4) is 0 Å². The van der Waals surface area contributed by atoms with Gasteiger partial charge in [-0.25, -0.2) is 0 Å².